The maximum Gasteiger partial charge on any atom is 0.154 e. The van der Waals surface area contributed by atoms with E-state index in [1.165, 1.54) is 11.3 Å². The number of fused-ring (bicyclic) bond motifs is 1. The zero-order valence-corrected chi connectivity index (χ0v) is 13.1. The molecule has 6 heteroatoms. The van der Waals surface area contributed by atoms with Crippen LogP contribution in [0.2, 0.25) is 0 Å². The number of aliphatic imine (C=N–C) groups is 1. The molecule has 2 rings (SSSR count). The SMILES string of the molecule is CNC1=C2CCN(C)CCCC2=N/C(=C/I)N1N. The highest BCUT2D eigenvalue weighted by Crippen LogP contribution is 2.26. The van der Waals surface area contributed by atoms with Crippen LogP contribution in [0.25, 0.3) is 0 Å². The minimum Gasteiger partial charge on any atom is -0.373 e. The van der Waals surface area contributed by atoms with Crippen LogP contribution in [0, 0.1) is 0 Å². The number of hydrazine groups is 1. The van der Waals surface area contributed by atoms with E-state index in [0.717, 1.165) is 44.0 Å². The molecule has 2 aliphatic rings. The number of hydrogen-bond donors (Lipinski definition) is 2. The predicted octanol–water partition coefficient (Wildman–Crippen LogP) is 1.40. The fourth-order valence-electron chi connectivity index (χ4n) is 2.40. The van der Waals surface area contributed by atoms with Gasteiger partial charge in [-0.25, -0.2) is 15.8 Å². The molecule has 0 unspecified atom stereocenters. The van der Waals surface area contributed by atoms with E-state index in [0.29, 0.717) is 0 Å². The number of nitrogens with two attached hydrogens (primary N) is 1. The minimum absolute atomic E-state index is 0.813. The van der Waals surface area contributed by atoms with E-state index in [2.05, 4.69) is 44.8 Å². The van der Waals surface area contributed by atoms with Gasteiger partial charge in [0.05, 0.1) is 0 Å². The summed E-state index contributed by atoms with van der Waals surface area (Å²) in [7, 11) is 4.08. The Morgan fingerprint density at radius 3 is 2.83 bits per heavy atom. The van der Waals surface area contributed by atoms with Crippen LogP contribution in [0.15, 0.2) is 26.3 Å². The lowest BCUT2D eigenvalue weighted by Gasteiger charge is -2.32. The molecule has 2 heterocycles. The molecule has 2 aliphatic heterocycles. The Hall–Kier alpha value is -0.600. The molecule has 0 saturated carbocycles. The number of rotatable bonds is 1. The van der Waals surface area contributed by atoms with Crippen molar-refractivity contribution in [1.29, 1.82) is 0 Å². The summed E-state index contributed by atoms with van der Waals surface area (Å²) in [5.41, 5.74) is 2.45. The normalized spacial score (nSPS) is 24.6. The second-order valence-corrected chi connectivity index (χ2v) is 5.25. The Bertz CT molecular complexity index is 413. The minimum atomic E-state index is 0.813. The Balaban J connectivity index is 2.37. The second-order valence-electron chi connectivity index (χ2n) is 4.63. The van der Waals surface area contributed by atoms with E-state index in [4.69, 9.17) is 5.84 Å². The van der Waals surface area contributed by atoms with Crippen molar-refractivity contribution in [3.63, 3.8) is 0 Å². The van der Waals surface area contributed by atoms with Crippen molar-refractivity contribution in [3.8, 4) is 0 Å². The molecule has 1 saturated heterocycles. The Kier molecular flexibility index (Phi) is 4.63. The van der Waals surface area contributed by atoms with E-state index in [-0.39, 0.29) is 0 Å². The molecule has 0 aliphatic carbocycles. The van der Waals surface area contributed by atoms with Gasteiger partial charge in [0.1, 0.15) is 5.82 Å². The highest BCUT2D eigenvalue weighted by molar-refractivity contribution is 14.1. The van der Waals surface area contributed by atoms with Gasteiger partial charge in [-0.3, -0.25) is 0 Å². The zero-order valence-electron chi connectivity index (χ0n) is 10.9. The van der Waals surface area contributed by atoms with Crippen molar-refractivity contribution in [2.75, 3.05) is 27.2 Å². The third-order valence-electron chi connectivity index (χ3n) is 3.40. The van der Waals surface area contributed by atoms with Crippen molar-refractivity contribution >= 4 is 28.3 Å². The van der Waals surface area contributed by atoms with E-state index < -0.39 is 0 Å². The summed E-state index contributed by atoms with van der Waals surface area (Å²) in [6, 6.07) is 0. The van der Waals surface area contributed by atoms with Gasteiger partial charge in [0.15, 0.2) is 5.82 Å². The molecule has 0 radical (unpaired) electrons. The van der Waals surface area contributed by atoms with Gasteiger partial charge < -0.3 is 10.2 Å². The quantitative estimate of drug-likeness (QED) is 0.548. The van der Waals surface area contributed by atoms with E-state index >= 15 is 0 Å². The summed E-state index contributed by atoms with van der Waals surface area (Å²) in [6.07, 6.45) is 3.16. The first kappa shape index (κ1) is 13.8. The molecule has 100 valence electrons. The monoisotopic (exact) mass is 361 g/mol. The maximum absolute atomic E-state index is 6.10. The van der Waals surface area contributed by atoms with Crippen molar-refractivity contribution < 1.29 is 0 Å². The van der Waals surface area contributed by atoms with Crippen LogP contribution in [0.1, 0.15) is 19.3 Å². The van der Waals surface area contributed by atoms with Crippen molar-refractivity contribution in [2.24, 2.45) is 10.8 Å². The van der Waals surface area contributed by atoms with Gasteiger partial charge in [-0.15, -0.1) is 0 Å². The third kappa shape index (κ3) is 2.70. The maximum atomic E-state index is 6.10. The second kappa shape index (κ2) is 6.03. The lowest BCUT2D eigenvalue weighted by Crippen LogP contribution is -2.41. The zero-order chi connectivity index (χ0) is 13.1. The first-order valence-electron chi connectivity index (χ1n) is 6.20. The summed E-state index contributed by atoms with van der Waals surface area (Å²) in [5.74, 6) is 7.89. The number of hydrogen-bond acceptors (Lipinski definition) is 5. The van der Waals surface area contributed by atoms with Gasteiger partial charge in [0, 0.05) is 29.0 Å². The Morgan fingerprint density at radius 1 is 1.39 bits per heavy atom. The molecule has 0 spiro atoms. The predicted molar refractivity (Wildman–Crippen MR) is 83.0 cm³/mol. The van der Waals surface area contributed by atoms with Crippen molar-refractivity contribution in [1.82, 2.24) is 15.2 Å². The van der Waals surface area contributed by atoms with Gasteiger partial charge >= 0.3 is 0 Å². The average Bonchev–Trinajstić information content (AvgIpc) is 2.35. The molecule has 0 aromatic heterocycles. The van der Waals surface area contributed by atoms with Crippen molar-refractivity contribution in [2.45, 2.75) is 19.3 Å². The summed E-state index contributed by atoms with van der Waals surface area (Å²) >= 11 is 2.18. The lowest BCUT2D eigenvalue weighted by molar-refractivity contribution is 0.326. The largest absolute Gasteiger partial charge is 0.373 e. The summed E-state index contributed by atoms with van der Waals surface area (Å²) in [4.78, 5) is 7.05. The van der Waals surface area contributed by atoms with Crippen LogP contribution in [-0.4, -0.2) is 42.8 Å². The van der Waals surface area contributed by atoms with Gasteiger partial charge in [-0.1, -0.05) is 0 Å². The molecular weight excluding hydrogens is 341 g/mol. The first-order valence-corrected chi connectivity index (χ1v) is 7.44. The summed E-state index contributed by atoms with van der Waals surface area (Å²) in [6.45, 7) is 2.19. The smallest absolute Gasteiger partial charge is 0.154 e. The molecule has 0 aromatic carbocycles. The molecule has 0 atom stereocenters. The van der Waals surface area contributed by atoms with E-state index in [1.54, 1.807) is 5.01 Å². The molecule has 0 bridgehead atoms. The van der Waals surface area contributed by atoms with Gasteiger partial charge in [-0.2, -0.15) is 0 Å². The number of likely N-dealkylation sites (tertiary alicyclic amines) is 1. The highest BCUT2D eigenvalue weighted by Gasteiger charge is 2.25. The average molecular weight is 361 g/mol. The van der Waals surface area contributed by atoms with Gasteiger partial charge in [0.25, 0.3) is 0 Å². The van der Waals surface area contributed by atoms with Crippen LogP contribution in [0.5, 0.6) is 0 Å². The lowest BCUT2D eigenvalue weighted by atomic mass is 9.98. The van der Waals surface area contributed by atoms with E-state index in [9.17, 15) is 0 Å². The molecule has 0 amide bonds. The van der Waals surface area contributed by atoms with E-state index in [1.807, 2.05) is 11.1 Å². The fourth-order valence-corrected chi connectivity index (χ4v) is 2.84. The van der Waals surface area contributed by atoms with Crippen LogP contribution in [-0.2, 0) is 0 Å². The molecule has 0 aromatic rings. The van der Waals surface area contributed by atoms with Gasteiger partial charge in [-0.05, 0) is 55.4 Å². The molecule has 5 nitrogen and oxygen atoms in total. The standard InChI is InChI=1S/C12H20IN5/c1-15-12-9-5-7-17(2)6-3-4-10(9)16-11(8-13)18(12)14/h8,15H,3-7,14H2,1-2H3/b11-8-. The number of nitrogens with one attached hydrogen (secondary N) is 1. The fraction of sp³-hybridized carbons (Fsp3) is 0.583. The first-order chi connectivity index (χ1) is 8.67. The van der Waals surface area contributed by atoms with Gasteiger partial charge in [0.2, 0.25) is 0 Å². The van der Waals surface area contributed by atoms with Crippen LogP contribution >= 0.6 is 22.6 Å². The highest BCUT2D eigenvalue weighted by atomic mass is 127. The van der Waals surface area contributed by atoms with Crippen molar-refractivity contribution in [3.05, 3.63) is 21.3 Å². The Morgan fingerprint density at radius 2 is 2.17 bits per heavy atom. The number of halogens is 1. The molecule has 18 heavy (non-hydrogen) atoms. The molecule has 1 fully saturated rings. The van der Waals surface area contributed by atoms with Crippen LogP contribution in [0.4, 0.5) is 0 Å². The number of nitrogens with zero attached hydrogens (tertiary/aromatic N) is 3. The Labute approximate surface area is 122 Å². The topological polar surface area (TPSA) is 56.9 Å². The molecular formula is C12H20IN5. The third-order valence-corrected chi connectivity index (χ3v) is 3.96. The summed E-state index contributed by atoms with van der Waals surface area (Å²) in [5, 5.41) is 4.86. The summed E-state index contributed by atoms with van der Waals surface area (Å²) < 4.78 is 1.92. The van der Waals surface area contributed by atoms with Crippen LogP contribution < -0.4 is 11.2 Å². The molecule has 3 N–H and O–H groups in total. The van der Waals surface area contributed by atoms with Crippen LogP contribution in [0.3, 0.4) is 0 Å².